The molecule has 0 nitrogen and oxygen atoms in total. The molecule has 0 radical (unpaired) electrons. The van der Waals surface area contributed by atoms with Gasteiger partial charge in [0.25, 0.3) is 0 Å². The van der Waals surface area contributed by atoms with Gasteiger partial charge in [0.1, 0.15) is 0 Å². The van der Waals surface area contributed by atoms with Gasteiger partial charge in [0.05, 0.1) is 0 Å². The van der Waals surface area contributed by atoms with Crippen molar-refractivity contribution in [2.45, 2.75) is 155 Å². The minimum atomic E-state index is 1.31. The highest BCUT2D eigenvalue weighted by molar-refractivity contribution is 4.81. The van der Waals surface area contributed by atoms with Gasteiger partial charge in [-0.25, -0.2) is 0 Å². The Morgan fingerprint density at radius 2 is 0.538 bits per heavy atom. The zero-order valence-electron chi connectivity index (χ0n) is 18.7. The lowest BCUT2D eigenvalue weighted by Crippen LogP contribution is -1.82. The van der Waals surface area contributed by atoms with Crippen molar-refractivity contribution in [3.8, 4) is 0 Å². The van der Waals surface area contributed by atoms with Crippen molar-refractivity contribution in [1.29, 1.82) is 0 Å². The van der Waals surface area contributed by atoms with Gasteiger partial charge in [0.15, 0.2) is 0 Å². The lowest BCUT2D eigenvalue weighted by Gasteiger charge is -2.02. The molecular weight excluding hydrogens is 312 g/mol. The van der Waals surface area contributed by atoms with Crippen LogP contribution in [0.1, 0.15) is 155 Å². The molecule has 0 atom stereocenters. The standard InChI is InChI=1S/C26H52/c1-3-5-7-9-11-13-15-17-19-21-23-25-26-24-22-20-18-16-14-12-10-8-6-4-2/h23,25H,3-22,24,26H2,1-2H3. The van der Waals surface area contributed by atoms with Crippen LogP contribution < -0.4 is 0 Å². The van der Waals surface area contributed by atoms with E-state index in [1.54, 1.807) is 0 Å². The molecular formula is C26H52. The topological polar surface area (TPSA) is 0 Å². The smallest absolute Gasteiger partial charge is 0.0351 e. The van der Waals surface area contributed by atoms with Gasteiger partial charge in [-0.05, 0) is 25.7 Å². The van der Waals surface area contributed by atoms with Crippen molar-refractivity contribution >= 4 is 0 Å². The normalized spacial score (nSPS) is 11.6. The molecule has 0 bridgehead atoms. The first kappa shape index (κ1) is 25.7. The molecule has 0 saturated heterocycles. The van der Waals surface area contributed by atoms with E-state index in [4.69, 9.17) is 0 Å². The Kier molecular flexibility index (Phi) is 24.5. The average Bonchev–Trinajstić information content (AvgIpc) is 2.66. The fraction of sp³-hybridized carbons (Fsp3) is 0.923. The highest BCUT2D eigenvalue weighted by atomic mass is 14.0. The maximum atomic E-state index is 2.44. The highest BCUT2D eigenvalue weighted by Crippen LogP contribution is 2.13. The number of hydrogen-bond acceptors (Lipinski definition) is 0. The van der Waals surface area contributed by atoms with Crippen molar-refractivity contribution in [2.75, 3.05) is 0 Å². The minimum Gasteiger partial charge on any atom is -0.0885 e. The van der Waals surface area contributed by atoms with Crippen LogP contribution in [0.5, 0.6) is 0 Å². The van der Waals surface area contributed by atoms with E-state index in [1.807, 2.05) is 0 Å². The van der Waals surface area contributed by atoms with Crippen LogP contribution in [0.4, 0.5) is 0 Å². The summed E-state index contributed by atoms with van der Waals surface area (Å²) in [5.41, 5.74) is 0. The van der Waals surface area contributed by atoms with Crippen LogP contribution in [-0.4, -0.2) is 0 Å². The van der Waals surface area contributed by atoms with E-state index in [9.17, 15) is 0 Å². The lowest BCUT2D eigenvalue weighted by atomic mass is 10.0. The molecule has 0 fully saturated rings. The first-order valence-electron chi connectivity index (χ1n) is 12.6. The molecule has 0 spiro atoms. The zero-order valence-corrected chi connectivity index (χ0v) is 18.7. The molecule has 0 heterocycles. The summed E-state index contributed by atoms with van der Waals surface area (Å²) in [4.78, 5) is 0. The summed E-state index contributed by atoms with van der Waals surface area (Å²) in [6, 6.07) is 0. The summed E-state index contributed by atoms with van der Waals surface area (Å²) in [7, 11) is 0. The molecule has 0 aromatic rings. The fourth-order valence-electron chi connectivity index (χ4n) is 3.73. The number of allylic oxidation sites excluding steroid dienone is 2. The number of unbranched alkanes of at least 4 members (excludes halogenated alkanes) is 20. The van der Waals surface area contributed by atoms with Crippen LogP contribution in [0.15, 0.2) is 12.2 Å². The second-order valence-corrected chi connectivity index (χ2v) is 8.41. The third-order valence-electron chi connectivity index (χ3n) is 5.62. The summed E-state index contributed by atoms with van der Waals surface area (Å²) in [6.45, 7) is 4.59. The van der Waals surface area contributed by atoms with Crippen molar-refractivity contribution in [1.82, 2.24) is 0 Å². The van der Waals surface area contributed by atoms with E-state index in [2.05, 4.69) is 26.0 Å². The van der Waals surface area contributed by atoms with E-state index in [0.717, 1.165) is 0 Å². The molecule has 0 unspecified atom stereocenters. The van der Waals surface area contributed by atoms with E-state index in [-0.39, 0.29) is 0 Å². The molecule has 0 saturated carbocycles. The molecule has 0 heteroatoms. The van der Waals surface area contributed by atoms with E-state index >= 15 is 0 Å². The Bertz CT molecular complexity index is 253. The van der Waals surface area contributed by atoms with Crippen LogP contribution in [-0.2, 0) is 0 Å². The Hall–Kier alpha value is -0.260. The highest BCUT2D eigenvalue weighted by Gasteiger charge is 1.93. The third-order valence-corrected chi connectivity index (χ3v) is 5.62. The SMILES string of the molecule is CCCCCCCCCCCC=CCCCCCCCCCCCCC. The van der Waals surface area contributed by atoms with Crippen LogP contribution in [0, 0.1) is 0 Å². The van der Waals surface area contributed by atoms with E-state index in [1.165, 1.54) is 141 Å². The number of rotatable bonds is 22. The third kappa shape index (κ3) is 23.7. The van der Waals surface area contributed by atoms with Crippen LogP contribution in [0.25, 0.3) is 0 Å². The van der Waals surface area contributed by atoms with Gasteiger partial charge in [-0.2, -0.15) is 0 Å². The predicted octanol–water partition coefficient (Wildman–Crippen LogP) is 10.2. The molecule has 156 valence electrons. The first-order valence-corrected chi connectivity index (χ1v) is 12.6. The van der Waals surface area contributed by atoms with Gasteiger partial charge >= 0.3 is 0 Å². The Labute approximate surface area is 167 Å². The molecule has 0 aromatic carbocycles. The van der Waals surface area contributed by atoms with Crippen molar-refractivity contribution in [3.05, 3.63) is 12.2 Å². The summed E-state index contributed by atoms with van der Waals surface area (Å²) in [5.74, 6) is 0. The summed E-state index contributed by atoms with van der Waals surface area (Å²) < 4.78 is 0. The van der Waals surface area contributed by atoms with Gasteiger partial charge in [-0.3, -0.25) is 0 Å². The zero-order chi connectivity index (χ0) is 19.0. The molecule has 0 N–H and O–H groups in total. The molecule has 0 aliphatic rings. The molecule has 0 aliphatic carbocycles. The fourth-order valence-corrected chi connectivity index (χ4v) is 3.73. The van der Waals surface area contributed by atoms with Crippen LogP contribution >= 0.6 is 0 Å². The average molecular weight is 365 g/mol. The maximum absolute atomic E-state index is 2.44. The van der Waals surface area contributed by atoms with Gasteiger partial charge < -0.3 is 0 Å². The molecule has 0 rings (SSSR count). The predicted molar refractivity (Wildman–Crippen MR) is 122 cm³/mol. The lowest BCUT2D eigenvalue weighted by molar-refractivity contribution is 0.550. The Morgan fingerprint density at radius 1 is 0.308 bits per heavy atom. The minimum absolute atomic E-state index is 1.31. The molecule has 0 aromatic heterocycles. The first-order chi connectivity index (χ1) is 12.9. The van der Waals surface area contributed by atoms with Crippen LogP contribution in [0.2, 0.25) is 0 Å². The Balaban J connectivity index is 3.04. The second kappa shape index (κ2) is 24.7. The monoisotopic (exact) mass is 364 g/mol. The summed E-state index contributed by atoms with van der Waals surface area (Å²) >= 11 is 0. The van der Waals surface area contributed by atoms with Gasteiger partial charge in [0, 0.05) is 0 Å². The quantitative estimate of drug-likeness (QED) is 0.132. The van der Waals surface area contributed by atoms with E-state index in [0.29, 0.717) is 0 Å². The van der Waals surface area contributed by atoms with Gasteiger partial charge in [-0.15, -0.1) is 0 Å². The Morgan fingerprint density at radius 3 is 0.808 bits per heavy atom. The molecule has 0 amide bonds. The largest absolute Gasteiger partial charge is 0.0885 e. The second-order valence-electron chi connectivity index (χ2n) is 8.41. The summed E-state index contributed by atoms with van der Waals surface area (Å²) in [6.07, 6.45) is 36.4. The molecule has 0 aliphatic heterocycles. The van der Waals surface area contributed by atoms with E-state index < -0.39 is 0 Å². The van der Waals surface area contributed by atoms with Crippen molar-refractivity contribution in [2.24, 2.45) is 0 Å². The number of hydrogen-bond donors (Lipinski definition) is 0. The van der Waals surface area contributed by atoms with Crippen molar-refractivity contribution < 1.29 is 0 Å². The van der Waals surface area contributed by atoms with Crippen LogP contribution in [0.3, 0.4) is 0 Å². The van der Waals surface area contributed by atoms with Gasteiger partial charge in [-0.1, -0.05) is 142 Å². The maximum Gasteiger partial charge on any atom is -0.0351 e. The van der Waals surface area contributed by atoms with Crippen molar-refractivity contribution in [3.63, 3.8) is 0 Å². The van der Waals surface area contributed by atoms with Gasteiger partial charge in [0.2, 0.25) is 0 Å². The molecule has 26 heavy (non-hydrogen) atoms. The summed E-state index contributed by atoms with van der Waals surface area (Å²) in [5, 5.41) is 0.